The smallest absolute Gasteiger partial charge is 0.243 e. The number of amides is 1. The van der Waals surface area contributed by atoms with Gasteiger partial charge in [-0.25, -0.2) is 8.42 Å². The van der Waals surface area contributed by atoms with E-state index in [4.69, 9.17) is 11.6 Å². The molecule has 4 rings (SSSR count). The molecule has 1 aromatic rings. The van der Waals surface area contributed by atoms with Gasteiger partial charge in [0.2, 0.25) is 15.9 Å². The van der Waals surface area contributed by atoms with Gasteiger partial charge in [-0.05, 0) is 81.0 Å². The Kier molecular flexibility index (Phi) is 7.94. The summed E-state index contributed by atoms with van der Waals surface area (Å²) < 4.78 is 29.5. The molecule has 1 aromatic carbocycles. The predicted molar refractivity (Wildman–Crippen MR) is 138 cm³/mol. The maximum absolute atomic E-state index is 13.9. The summed E-state index contributed by atoms with van der Waals surface area (Å²) in [5.74, 6) is 0.0842. The maximum atomic E-state index is 13.9. The second-order valence-corrected chi connectivity index (χ2v) is 13.1. The van der Waals surface area contributed by atoms with Crippen molar-refractivity contribution in [3.63, 3.8) is 0 Å². The fraction of sp³-hybridized carbons (Fsp3) is 0.731. The molecule has 0 radical (unpaired) electrons. The van der Waals surface area contributed by atoms with Gasteiger partial charge in [0, 0.05) is 36.6 Å². The number of rotatable bonds is 9. The SMILES string of the molecule is CCCC1(N=O)CCN(C(=O)CC2(C3CCCC(CC)N3S(=O)(=O)c3ccc(Cl)cc3)CC2)CC1. The van der Waals surface area contributed by atoms with E-state index in [-0.39, 0.29) is 28.3 Å². The number of nitrogens with zero attached hydrogens (tertiary/aromatic N) is 3. The first-order valence-corrected chi connectivity index (χ1v) is 14.9. The number of carbonyl (C=O) groups excluding carboxylic acids is 1. The molecule has 9 heteroatoms. The molecule has 0 aromatic heterocycles. The van der Waals surface area contributed by atoms with E-state index >= 15 is 0 Å². The molecule has 194 valence electrons. The molecule has 2 unspecified atom stereocenters. The fourth-order valence-electron chi connectivity index (χ4n) is 6.33. The molecule has 3 fully saturated rings. The molecule has 2 atom stereocenters. The molecule has 2 saturated heterocycles. The van der Waals surface area contributed by atoms with Gasteiger partial charge in [0.05, 0.1) is 4.90 Å². The van der Waals surface area contributed by atoms with Crippen molar-refractivity contribution < 1.29 is 13.2 Å². The highest BCUT2D eigenvalue weighted by Gasteiger charge is 2.57. The van der Waals surface area contributed by atoms with Crippen molar-refractivity contribution in [2.24, 2.45) is 10.6 Å². The summed E-state index contributed by atoms with van der Waals surface area (Å²) >= 11 is 6.02. The maximum Gasteiger partial charge on any atom is 0.243 e. The van der Waals surface area contributed by atoms with Gasteiger partial charge < -0.3 is 4.90 Å². The van der Waals surface area contributed by atoms with E-state index in [0.29, 0.717) is 37.4 Å². The fourth-order valence-corrected chi connectivity index (χ4v) is 8.49. The summed E-state index contributed by atoms with van der Waals surface area (Å²) in [7, 11) is -3.72. The van der Waals surface area contributed by atoms with Gasteiger partial charge in [-0.2, -0.15) is 9.21 Å². The number of halogens is 1. The quantitative estimate of drug-likeness (QED) is 0.385. The Labute approximate surface area is 214 Å². The van der Waals surface area contributed by atoms with Gasteiger partial charge in [-0.15, -0.1) is 0 Å². The predicted octanol–water partition coefficient (Wildman–Crippen LogP) is 5.76. The van der Waals surface area contributed by atoms with Gasteiger partial charge >= 0.3 is 0 Å². The van der Waals surface area contributed by atoms with Gasteiger partial charge in [-0.3, -0.25) is 4.79 Å². The van der Waals surface area contributed by atoms with Crippen molar-refractivity contribution in [3.8, 4) is 0 Å². The summed E-state index contributed by atoms with van der Waals surface area (Å²) in [6, 6.07) is 6.16. The third-order valence-electron chi connectivity index (χ3n) is 8.60. The van der Waals surface area contributed by atoms with Crippen LogP contribution in [0.25, 0.3) is 0 Å². The minimum absolute atomic E-state index is 0.0645. The molecular weight excluding hydrogens is 486 g/mol. The Morgan fingerprint density at radius 1 is 1.09 bits per heavy atom. The average Bonchev–Trinajstić information content (AvgIpc) is 3.64. The Hall–Kier alpha value is -1.51. The summed E-state index contributed by atoms with van der Waals surface area (Å²) in [4.78, 5) is 27.0. The third-order valence-corrected chi connectivity index (χ3v) is 10.8. The van der Waals surface area contributed by atoms with Gasteiger partial charge in [-0.1, -0.05) is 43.5 Å². The number of hydrogen-bond acceptors (Lipinski definition) is 5. The number of sulfonamides is 1. The lowest BCUT2D eigenvalue weighted by atomic mass is 9.82. The van der Waals surface area contributed by atoms with Crippen LogP contribution < -0.4 is 0 Å². The zero-order chi connectivity index (χ0) is 25.3. The first kappa shape index (κ1) is 26.6. The highest BCUT2D eigenvalue weighted by Crippen LogP contribution is 2.57. The number of nitroso groups, excluding NO2 is 1. The number of carbonyl (C=O) groups is 1. The van der Waals surface area contributed by atoms with E-state index in [1.807, 2.05) is 11.8 Å². The molecule has 0 bridgehead atoms. The minimum atomic E-state index is -3.72. The topological polar surface area (TPSA) is 87.1 Å². The van der Waals surface area contributed by atoms with E-state index in [2.05, 4.69) is 12.1 Å². The van der Waals surface area contributed by atoms with E-state index < -0.39 is 15.6 Å². The van der Waals surface area contributed by atoms with E-state index in [9.17, 15) is 18.1 Å². The largest absolute Gasteiger partial charge is 0.342 e. The molecule has 2 aliphatic heterocycles. The van der Waals surface area contributed by atoms with Crippen molar-refractivity contribution in [3.05, 3.63) is 34.2 Å². The summed E-state index contributed by atoms with van der Waals surface area (Å²) in [6.07, 6.45) is 8.35. The molecule has 0 N–H and O–H groups in total. The lowest BCUT2D eigenvalue weighted by Gasteiger charge is -2.45. The standard InChI is InChI=1S/C26H38ClN3O4S/c1-3-12-26(28-32)15-17-29(18-16-26)24(31)19-25(13-14-25)23-7-5-6-21(4-2)30(23)35(33,34)22-10-8-20(27)9-11-22/h8-11,21,23H,3-7,12-19H2,1-2H3. The molecule has 1 saturated carbocycles. The van der Waals surface area contributed by atoms with Crippen molar-refractivity contribution in [1.29, 1.82) is 0 Å². The zero-order valence-electron chi connectivity index (χ0n) is 20.9. The first-order valence-electron chi connectivity index (χ1n) is 13.1. The van der Waals surface area contributed by atoms with Gasteiger partial charge in [0.1, 0.15) is 5.54 Å². The van der Waals surface area contributed by atoms with Gasteiger partial charge in [0.25, 0.3) is 0 Å². The Bertz CT molecular complexity index is 1020. The van der Waals surface area contributed by atoms with Crippen LogP contribution in [-0.2, 0) is 14.8 Å². The van der Waals surface area contributed by atoms with Crippen LogP contribution in [0.4, 0.5) is 0 Å². The number of likely N-dealkylation sites (tertiary alicyclic amines) is 1. The van der Waals surface area contributed by atoms with Crippen LogP contribution in [0.5, 0.6) is 0 Å². The van der Waals surface area contributed by atoms with Crippen molar-refractivity contribution in [1.82, 2.24) is 9.21 Å². The Balaban J connectivity index is 1.53. The Morgan fingerprint density at radius 2 is 1.74 bits per heavy atom. The summed E-state index contributed by atoms with van der Waals surface area (Å²) in [6.45, 7) is 5.20. The summed E-state index contributed by atoms with van der Waals surface area (Å²) in [5, 5.41) is 3.95. The third kappa shape index (κ3) is 5.30. The molecule has 2 heterocycles. The molecular formula is C26H38ClN3O4S. The molecule has 35 heavy (non-hydrogen) atoms. The van der Waals surface area contributed by atoms with Crippen molar-refractivity contribution in [2.45, 2.75) is 107 Å². The second-order valence-electron chi connectivity index (χ2n) is 10.8. The molecule has 7 nitrogen and oxygen atoms in total. The van der Waals surface area contributed by atoms with Crippen LogP contribution in [-0.4, -0.2) is 54.2 Å². The van der Waals surface area contributed by atoms with Crippen molar-refractivity contribution in [2.75, 3.05) is 13.1 Å². The van der Waals surface area contributed by atoms with Crippen LogP contribution in [0.15, 0.2) is 34.3 Å². The molecule has 1 amide bonds. The zero-order valence-corrected chi connectivity index (χ0v) is 22.5. The number of benzene rings is 1. The van der Waals surface area contributed by atoms with Crippen molar-refractivity contribution >= 4 is 27.5 Å². The van der Waals surface area contributed by atoms with Crippen LogP contribution >= 0.6 is 11.6 Å². The van der Waals surface area contributed by atoms with E-state index in [0.717, 1.165) is 51.4 Å². The van der Waals surface area contributed by atoms with Crippen LogP contribution in [0, 0.1) is 10.3 Å². The molecule has 0 spiro atoms. The average molecular weight is 524 g/mol. The monoisotopic (exact) mass is 523 g/mol. The highest BCUT2D eigenvalue weighted by molar-refractivity contribution is 7.89. The number of piperidine rings is 2. The van der Waals surface area contributed by atoms with Crippen LogP contribution in [0.3, 0.4) is 0 Å². The number of hydrogen-bond donors (Lipinski definition) is 0. The summed E-state index contributed by atoms with van der Waals surface area (Å²) in [5.41, 5.74) is -0.838. The first-order chi connectivity index (χ1) is 16.7. The lowest BCUT2D eigenvalue weighted by molar-refractivity contribution is -0.134. The van der Waals surface area contributed by atoms with E-state index in [1.54, 1.807) is 28.6 Å². The van der Waals surface area contributed by atoms with Crippen LogP contribution in [0.2, 0.25) is 5.02 Å². The van der Waals surface area contributed by atoms with Gasteiger partial charge in [0.15, 0.2) is 0 Å². The van der Waals surface area contributed by atoms with Crippen LogP contribution in [0.1, 0.15) is 84.5 Å². The molecule has 3 aliphatic rings. The second kappa shape index (κ2) is 10.5. The van der Waals surface area contributed by atoms with E-state index in [1.165, 1.54) is 0 Å². The lowest BCUT2D eigenvalue weighted by Crippen LogP contribution is -2.54. The Morgan fingerprint density at radius 3 is 2.29 bits per heavy atom. The molecule has 1 aliphatic carbocycles. The normalized spacial score (nSPS) is 26.3. The highest BCUT2D eigenvalue weighted by atomic mass is 35.5. The minimum Gasteiger partial charge on any atom is -0.342 e.